The van der Waals surface area contributed by atoms with Crippen molar-refractivity contribution < 1.29 is 32.2 Å². The first-order chi connectivity index (χ1) is 13.4. The van der Waals surface area contributed by atoms with Gasteiger partial charge in [0.05, 0.1) is 24.7 Å². The van der Waals surface area contributed by atoms with E-state index in [1.54, 1.807) is 12.1 Å². The van der Waals surface area contributed by atoms with E-state index in [4.69, 9.17) is 14.2 Å². The van der Waals surface area contributed by atoms with E-state index < -0.39 is 33.8 Å². The number of ether oxygens (including phenoxy) is 3. The number of nitrogens with one attached hydrogen (secondary N) is 1. The molecule has 0 aromatic heterocycles. The summed E-state index contributed by atoms with van der Waals surface area (Å²) in [6.45, 7) is 0.713. The van der Waals surface area contributed by atoms with Crippen LogP contribution in [-0.4, -0.2) is 82.2 Å². The number of hydrogen-bond acceptors (Lipinski definition) is 7. The van der Waals surface area contributed by atoms with E-state index in [1.165, 1.54) is 12.0 Å². The van der Waals surface area contributed by atoms with Gasteiger partial charge in [-0.2, -0.15) is 0 Å². The van der Waals surface area contributed by atoms with Crippen LogP contribution in [0.15, 0.2) is 24.3 Å². The predicted octanol–water partition coefficient (Wildman–Crippen LogP) is -0.395. The molecule has 2 aliphatic heterocycles. The van der Waals surface area contributed by atoms with E-state index >= 15 is 0 Å². The average Bonchev–Trinajstić information content (AvgIpc) is 3.05. The zero-order chi connectivity index (χ0) is 20.1. The molecule has 2 unspecified atom stereocenters. The highest BCUT2D eigenvalue weighted by Gasteiger charge is 2.36. The van der Waals surface area contributed by atoms with Gasteiger partial charge in [-0.25, -0.2) is 8.42 Å². The van der Waals surface area contributed by atoms with Crippen LogP contribution in [0.3, 0.4) is 0 Å². The molecule has 0 saturated carbocycles. The predicted molar refractivity (Wildman–Crippen MR) is 100 cm³/mol. The van der Waals surface area contributed by atoms with Gasteiger partial charge in [-0.3, -0.25) is 9.59 Å². The lowest BCUT2D eigenvalue weighted by atomic mass is 10.2. The standard InChI is InChI=1S/C18H24N2O7S/c1-25-8-7-20(13-6-9-28(23,24)12-13)18(22)17(21)19-10-14-11-26-15-4-2-3-5-16(15)27-14/h2-5,13-14H,6-12H2,1H3,(H,19,21). The summed E-state index contributed by atoms with van der Waals surface area (Å²) in [5, 5.41) is 2.56. The summed E-state index contributed by atoms with van der Waals surface area (Å²) in [6, 6.07) is 6.69. The molecular formula is C18H24N2O7S. The molecule has 10 heteroatoms. The van der Waals surface area contributed by atoms with Crippen molar-refractivity contribution >= 4 is 21.7 Å². The van der Waals surface area contributed by atoms with Crippen molar-refractivity contribution in [3.05, 3.63) is 24.3 Å². The van der Waals surface area contributed by atoms with Gasteiger partial charge in [-0.05, 0) is 18.6 Å². The van der Waals surface area contributed by atoms with Gasteiger partial charge in [0.2, 0.25) is 0 Å². The minimum Gasteiger partial charge on any atom is -0.486 e. The van der Waals surface area contributed by atoms with E-state index in [0.29, 0.717) is 17.9 Å². The number of carbonyl (C=O) groups excluding carboxylic acids is 2. The Bertz CT molecular complexity index is 827. The van der Waals surface area contributed by atoms with E-state index in [9.17, 15) is 18.0 Å². The van der Waals surface area contributed by atoms with Crippen molar-refractivity contribution in [2.45, 2.75) is 18.6 Å². The largest absolute Gasteiger partial charge is 0.486 e. The summed E-state index contributed by atoms with van der Waals surface area (Å²) in [5.74, 6) is -0.472. The summed E-state index contributed by atoms with van der Waals surface area (Å²) in [7, 11) is -1.71. The molecule has 154 valence electrons. The third-order valence-electron chi connectivity index (χ3n) is 4.70. The monoisotopic (exact) mass is 412 g/mol. The number of rotatable bonds is 6. The van der Waals surface area contributed by atoms with Crippen molar-refractivity contribution in [1.29, 1.82) is 0 Å². The number of carbonyl (C=O) groups is 2. The van der Waals surface area contributed by atoms with Crippen LogP contribution in [0.2, 0.25) is 0 Å². The summed E-state index contributed by atoms with van der Waals surface area (Å²) in [6.07, 6.45) is -0.104. The summed E-state index contributed by atoms with van der Waals surface area (Å²) in [5.41, 5.74) is 0. The highest BCUT2D eigenvalue weighted by molar-refractivity contribution is 7.91. The van der Waals surface area contributed by atoms with Crippen LogP contribution in [0, 0.1) is 0 Å². The molecule has 2 atom stereocenters. The highest BCUT2D eigenvalue weighted by atomic mass is 32.2. The smallest absolute Gasteiger partial charge is 0.312 e. The molecule has 0 spiro atoms. The second-order valence-electron chi connectivity index (χ2n) is 6.76. The van der Waals surface area contributed by atoms with Crippen molar-refractivity contribution in [2.24, 2.45) is 0 Å². The number of nitrogens with zero attached hydrogens (tertiary/aromatic N) is 1. The maximum Gasteiger partial charge on any atom is 0.312 e. The van der Waals surface area contributed by atoms with Crippen molar-refractivity contribution in [3.63, 3.8) is 0 Å². The summed E-state index contributed by atoms with van der Waals surface area (Å²) >= 11 is 0. The number of hydrogen-bond donors (Lipinski definition) is 1. The van der Waals surface area contributed by atoms with Crippen LogP contribution in [0.1, 0.15) is 6.42 Å². The SMILES string of the molecule is COCCN(C(=O)C(=O)NCC1COc2ccccc2O1)C1CCS(=O)(=O)C1. The van der Waals surface area contributed by atoms with Gasteiger partial charge in [-0.15, -0.1) is 0 Å². The third-order valence-corrected chi connectivity index (χ3v) is 6.45. The fourth-order valence-corrected chi connectivity index (χ4v) is 4.97. The fraction of sp³-hybridized carbons (Fsp3) is 0.556. The number of sulfone groups is 1. The second-order valence-corrected chi connectivity index (χ2v) is 8.98. The molecule has 2 heterocycles. The van der Waals surface area contributed by atoms with Crippen LogP contribution in [-0.2, 0) is 24.2 Å². The Morgan fingerprint density at radius 3 is 2.71 bits per heavy atom. The van der Waals surface area contributed by atoms with E-state index in [0.717, 1.165) is 0 Å². The molecule has 1 aromatic carbocycles. The lowest BCUT2D eigenvalue weighted by Gasteiger charge is -2.29. The number of benzene rings is 1. The Morgan fingerprint density at radius 1 is 1.29 bits per heavy atom. The molecular weight excluding hydrogens is 388 g/mol. The zero-order valence-electron chi connectivity index (χ0n) is 15.6. The molecule has 0 radical (unpaired) electrons. The number of methoxy groups -OCH3 is 1. The molecule has 0 bridgehead atoms. The van der Waals surface area contributed by atoms with E-state index in [2.05, 4.69) is 5.32 Å². The molecule has 1 N–H and O–H groups in total. The lowest BCUT2D eigenvalue weighted by molar-refractivity contribution is -0.147. The highest BCUT2D eigenvalue weighted by Crippen LogP contribution is 2.30. The number of amides is 2. The quantitative estimate of drug-likeness (QED) is 0.633. The van der Waals surface area contributed by atoms with Crippen molar-refractivity contribution in [3.8, 4) is 11.5 Å². The molecule has 2 aliphatic rings. The minimum absolute atomic E-state index is 0.0166. The van der Waals surface area contributed by atoms with Gasteiger partial charge in [0, 0.05) is 19.7 Å². The van der Waals surface area contributed by atoms with Crippen LogP contribution in [0.25, 0.3) is 0 Å². The van der Waals surface area contributed by atoms with Crippen molar-refractivity contribution in [2.75, 3.05) is 44.9 Å². The van der Waals surface area contributed by atoms with Gasteiger partial charge in [0.1, 0.15) is 12.7 Å². The maximum absolute atomic E-state index is 12.6. The van der Waals surface area contributed by atoms with Gasteiger partial charge in [0.15, 0.2) is 21.3 Å². The molecule has 1 saturated heterocycles. The van der Waals surface area contributed by atoms with Gasteiger partial charge < -0.3 is 24.4 Å². The van der Waals surface area contributed by atoms with Gasteiger partial charge in [0.25, 0.3) is 0 Å². The maximum atomic E-state index is 12.6. The first kappa shape index (κ1) is 20.4. The van der Waals surface area contributed by atoms with Crippen molar-refractivity contribution in [1.82, 2.24) is 10.2 Å². The summed E-state index contributed by atoms with van der Waals surface area (Å²) in [4.78, 5) is 26.3. The van der Waals surface area contributed by atoms with E-state index in [-0.39, 0.29) is 37.8 Å². The molecule has 2 amide bonds. The summed E-state index contributed by atoms with van der Waals surface area (Å²) < 4.78 is 39.8. The normalized spacial score (nSPS) is 22.5. The lowest BCUT2D eigenvalue weighted by Crippen LogP contribution is -2.51. The Hall–Kier alpha value is -2.33. The molecule has 28 heavy (non-hydrogen) atoms. The minimum atomic E-state index is -3.19. The Kier molecular flexibility index (Phi) is 6.40. The fourth-order valence-electron chi connectivity index (χ4n) is 3.24. The van der Waals surface area contributed by atoms with E-state index in [1.807, 2.05) is 12.1 Å². The van der Waals surface area contributed by atoms with Gasteiger partial charge >= 0.3 is 11.8 Å². The Morgan fingerprint density at radius 2 is 2.04 bits per heavy atom. The molecule has 9 nitrogen and oxygen atoms in total. The third kappa shape index (κ3) is 4.93. The topological polar surface area (TPSA) is 111 Å². The Balaban J connectivity index is 1.56. The number of para-hydroxylation sites is 2. The van der Waals surface area contributed by atoms with Crippen LogP contribution in [0.5, 0.6) is 11.5 Å². The first-order valence-corrected chi connectivity index (χ1v) is 10.9. The van der Waals surface area contributed by atoms with Crippen LogP contribution < -0.4 is 14.8 Å². The van der Waals surface area contributed by atoms with Gasteiger partial charge in [-0.1, -0.05) is 12.1 Å². The van der Waals surface area contributed by atoms with Crippen LogP contribution >= 0.6 is 0 Å². The molecule has 1 aromatic rings. The average molecular weight is 412 g/mol. The zero-order valence-corrected chi connectivity index (χ0v) is 16.4. The van der Waals surface area contributed by atoms with Crippen LogP contribution in [0.4, 0.5) is 0 Å². The number of fused-ring (bicyclic) bond motifs is 1. The second kappa shape index (κ2) is 8.78. The molecule has 0 aliphatic carbocycles. The Labute approximate surface area is 163 Å². The first-order valence-electron chi connectivity index (χ1n) is 9.06. The molecule has 1 fully saturated rings. The molecule has 3 rings (SSSR count).